The fourth-order valence-corrected chi connectivity index (χ4v) is 3.43. The zero-order chi connectivity index (χ0) is 19.8. The van der Waals surface area contributed by atoms with Crippen LogP contribution in [-0.2, 0) is 16.0 Å². The van der Waals surface area contributed by atoms with Crippen LogP contribution in [0.4, 0.5) is 5.69 Å². The van der Waals surface area contributed by atoms with Crippen molar-refractivity contribution in [3.63, 3.8) is 0 Å². The topological polar surface area (TPSA) is 96.6 Å². The van der Waals surface area contributed by atoms with Gasteiger partial charge in [-0.1, -0.05) is 24.3 Å². The molecule has 0 fully saturated rings. The molecule has 6 nitrogen and oxygen atoms in total. The molecule has 0 aliphatic heterocycles. The Bertz CT molecular complexity index is 1220. The van der Waals surface area contributed by atoms with Gasteiger partial charge >= 0.3 is 11.9 Å². The summed E-state index contributed by atoms with van der Waals surface area (Å²) in [7, 11) is 0. The van der Waals surface area contributed by atoms with Gasteiger partial charge in [0.15, 0.2) is 5.43 Å². The van der Waals surface area contributed by atoms with E-state index >= 15 is 0 Å². The summed E-state index contributed by atoms with van der Waals surface area (Å²) in [5, 5.41) is 11.3. The summed E-state index contributed by atoms with van der Waals surface area (Å²) >= 11 is 0. The fraction of sp³-hybridized carbons (Fsp3) is 0.136. The maximum atomic E-state index is 12.9. The molecular weight excluding hydrogens is 358 g/mol. The zero-order valence-electron chi connectivity index (χ0n) is 15.1. The van der Waals surface area contributed by atoms with Crippen molar-refractivity contribution in [3.05, 3.63) is 75.1 Å². The lowest BCUT2D eigenvalue weighted by molar-refractivity contribution is -0.147. The first-order valence-corrected chi connectivity index (χ1v) is 8.84. The van der Waals surface area contributed by atoms with E-state index in [9.17, 15) is 14.4 Å². The molecule has 0 spiro atoms. The number of hydrogen-bond donors (Lipinski definition) is 2. The average Bonchev–Trinajstić information content (AvgIpc) is 3.07. The van der Waals surface area contributed by atoms with E-state index < -0.39 is 11.9 Å². The van der Waals surface area contributed by atoms with Crippen LogP contribution in [0.2, 0.25) is 0 Å². The van der Waals surface area contributed by atoms with E-state index in [0.29, 0.717) is 35.1 Å². The Morgan fingerprint density at radius 3 is 2.68 bits per heavy atom. The van der Waals surface area contributed by atoms with E-state index in [4.69, 9.17) is 9.52 Å². The molecule has 3 aromatic rings. The van der Waals surface area contributed by atoms with Crippen molar-refractivity contribution in [2.75, 3.05) is 5.32 Å². The molecule has 1 aliphatic rings. The van der Waals surface area contributed by atoms with E-state index in [0.717, 1.165) is 16.7 Å². The van der Waals surface area contributed by atoms with Crippen LogP contribution < -0.4 is 10.7 Å². The van der Waals surface area contributed by atoms with Crippen LogP contribution in [0.25, 0.3) is 22.6 Å². The third-order valence-corrected chi connectivity index (χ3v) is 4.89. The number of carbonyl (C=O) groups is 2. The van der Waals surface area contributed by atoms with Crippen molar-refractivity contribution in [3.8, 4) is 0 Å². The van der Waals surface area contributed by atoms with Crippen LogP contribution in [0.3, 0.4) is 0 Å². The minimum absolute atomic E-state index is 0.157. The number of carbonyl (C=O) groups excluding carboxylic acids is 1. The fourth-order valence-electron chi connectivity index (χ4n) is 3.43. The normalized spacial score (nSPS) is 14.2. The molecule has 0 bridgehead atoms. The van der Waals surface area contributed by atoms with Crippen molar-refractivity contribution < 1.29 is 19.1 Å². The second-order valence-electron chi connectivity index (χ2n) is 6.74. The van der Waals surface area contributed by atoms with Gasteiger partial charge in [-0.15, -0.1) is 0 Å². The summed E-state index contributed by atoms with van der Waals surface area (Å²) in [6.45, 7) is 2.03. The number of amides is 1. The standard InChI is InChI=1S/C22H17NO5/c1-12-4-2-3-5-13(12)10-14-6-8-16-19(24)17-11-15(23-21(25)22(26)27)7-9-18(17)28-20(14)16/h2-5,7,9-11H,6,8H2,1H3,(H,23,25)(H,26,27)/b14-10+. The van der Waals surface area contributed by atoms with E-state index in [1.807, 2.05) is 31.2 Å². The molecule has 1 heterocycles. The summed E-state index contributed by atoms with van der Waals surface area (Å²) in [6.07, 6.45) is 3.34. The molecule has 28 heavy (non-hydrogen) atoms. The van der Waals surface area contributed by atoms with Crippen LogP contribution in [0, 0.1) is 6.92 Å². The predicted octanol–water partition coefficient (Wildman–Crippen LogP) is 3.61. The van der Waals surface area contributed by atoms with Crippen molar-refractivity contribution in [2.45, 2.75) is 19.8 Å². The number of benzene rings is 2. The van der Waals surface area contributed by atoms with Gasteiger partial charge in [0.25, 0.3) is 0 Å². The molecule has 0 saturated carbocycles. The van der Waals surface area contributed by atoms with Crippen LogP contribution >= 0.6 is 0 Å². The quantitative estimate of drug-likeness (QED) is 0.667. The number of aliphatic carboxylic acids is 1. The second kappa shape index (κ2) is 6.81. The van der Waals surface area contributed by atoms with Crippen molar-refractivity contribution in [2.24, 2.45) is 0 Å². The van der Waals surface area contributed by atoms with E-state index in [2.05, 4.69) is 11.4 Å². The van der Waals surface area contributed by atoms with Crippen LogP contribution in [0.5, 0.6) is 0 Å². The number of carboxylic acid groups (broad SMARTS) is 1. The van der Waals surface area contributed by atoms with Gasteiger partial charge in [0.2, 0.25) is 0 Å². The molecule has 1 amide bonds. The number of fused-ring (bicyclic) bond motifs is 2. The minimum atomic E-state index is -1.59. The average molecular weight is 375 g/mol. The highest BCUT2D eigenvalue weighted by Gasteiger charge is 2.24. The highest BCUT2D eigenvalue weighted by molar-refractivity contribution is 6.36. The van der Waals surface area contributed by atoms with Crippen molar-refractivity contribution in [1.29, 1.82) is 0 Å². The molecule has 1 aromatic heterocycles. The number of allylic oxidation sites excluding steroid dienone is 1. The van der Waals surface area contributed by atoms with Gasteiger partial charge in [-0.05, 0) is 60.7 Å². The lowest BCUT2D eigenvalue weighted by atomic mass is 10.0. The molecule has 6 heteroatoms. The molecule has 1 aliphatic carbocycles. The number of rotatable bonds is 2. The van der Waals surface area contributed by atoms with Gasteiger partial charge in [-0.25, -0.2) is 4.79 Å². The first-order chi connectivity index (χ1) is 13.4. The number of nitrogens with one attached hydrogen (secondary N) is 1. The summed E-state index contributed by atoms with van der Waals surface area (Å²) in [5.41, 5.74) is 4.29. The predicted molar refractivity (Wildman–Crippen MR) is 106 cm³/mol. The Balaban J connectivity index is 1.79. The minimum Gasteiger partial charge on any atom is -0.474 e. The third-order valence-electron chi connectivity index (χ3n) is 4.89. The Labute approximate surface area is 160 Å². The molecule has 2 N–H and O–H groups in total. The van der Waals surface area contributed by atoms with Crippen LogP contribution in [-0.4, -0.2) is 17.0 Å². The number of aryl methyl sites for hydroxylation is 1. The maximum Gasteiger partial charge on any atom is 0.394 e. The number of anilines is 1. The molecule has 0 unspecified atom stereocenters. The zero-order valence-corrected chi connectivity index (χ0v) is 15.1. The van der Waals surface area contributed by atoms with Crippen molar-refractivity contribution >= 4 is 40.2 Å². The Kier molecular flexibility index (Phi) is 4.31. The first-order valence-electron chi connectivity index (χ1n) is 8.84. The monoisotopic (exact) mass is 375 g/mol. The van der Waals surface area contributed by atoms with Gasteiger partial charge in [0.05, 0.1) is 5.39 Å². The molecule has 0 radical (unpaired) electrons. The molecular formula is C22H17NO5. The van der Waals surface area contributed by atoms with Gasteiger partial charge in [-0.3, -0.25) is 9.59 Å². The van der Waals surface area contributed by atoms with Gasteiger partial charge in [0, 0.05) is 11.3 Å². The lowest BCUT2D eigenvalue weighted by Crippen LogP contribution is -2.21. The first kappa shape index (κ1) is 17.7. The summed E-state index contributed by atoms with van der Waals surface area (Å²) in [5.74, 6) is -2.15. The summed E-state index contributed by atoms with van der Waals surface area (Å²) in [4.78, 5) is 35.0. The van der Waals surface area contributed by atoms with E-state index in [1.54, 1.807) is 6.07 Å². The van der Waals surface area contributed by atoms with E-state index in [1.165, 1.54) is 12.1 Å². The largest absolute Gasteiger partial charge is 0.474 e. The van der Waals surface area contributed by atoms with Gasteiger partial charge < -0.3 is 14.8 Å². The second-order valence-corrected chi connectivity index (χ2v) is 6.74. The molecule has 0 atom stereocenters. The number of carboxylic acids is 1. The highest BCUT2D eigenvalue weighted by Crippen LogP contribution is 2.34. The Morgan fingerprint density at radius 2 is 1.93 bits per heavy atom. The molecule has 140 valence electrons. The van der Waals surface area contributed by atoms with Gasteiger partial charge in [-0.2, -0.15) is 0 Å². The van der Waals surface area contributed by atoms with Crippen LogP contribution in [0.15, 0.2) is 51.7 Å². The lowest BCUT2D eigenvalue weighted by Gasteiger charge is -2.07. The third kappa shape index (κ3) is 3.09. The molecule has 2 aromatic carbocycles. The van der Waals surface area contributed by atoms with E-state index in [-0.39, 0.29) is 11.1 Å². The number of hydrogen-bond acceptors (Lipinski definition) is 4. The molecule has 0 saturated heterocycles. The van der Waals surface area contributed by atoms with Crippen molar-refractivity contribution in [1.82, 2.24) is 0 Å². The Morgan fingerprint density at radius 1 is 1.14 bits per heavy atom. The summed E-state index contributed by atoms with van der Waals surface area (Å²) in [6, 6.07) is 12.5. The smallest absolute Gasteiger partial charge is 0.394 e. The SMILES string of the molecule is Cc1ccccc1/C=C1\CCc2c1oc1ccc(NC(=O)C(=O)O)cc1c2=O. The summed E-state index contributed by atoms with van der Waals surface area (Å²) < 4.78 is 6.02. The van der Waals surface area contributed by atoms with Gasteiger partial charge in [0.1, 0.15) is 11.3 Å². The molecule has 4 rings (SSSR count). The van der Waals surface area contributed by atoms with Crippen LogP contribution in [0.1, 0.15) is 28.9 Å². The highest BCUT2D eigenvalue weighted by atomic mass is 16.4. The maximum absolute atomic E-state index is 12.9. The Hall–Kier alpha value is -3.67.